The van der Waals surface area contributed by atoms with E-state index in [2.05, 4.69) is 20.4 Å². The van der Waals surface area contributed by atoms with E-state index in [4.69, 9.17) is 9.16 Å². The summed E-state index contributed by atoms with van der Waals surface area (Å²) in [7, 11) is 2.16. The molecule has 0 fully saturated rings. The minimum Gasteiger partial charge on any atom is -0.540 e. The average Bonchev–Trinajstić information content (AvgIpc) is 2.39. The summed E-state index contributed by atoms with van der Waals surface area (Å²) in [6.45, 7) is 8.04. The van der Waals surface area contributed by atoms with E-state index >= 15 is 0 Å². The number of hydrogen-bond acceptors (Lipinski definition) is 2. The Bertz CT molecular complexity index is 352. The highest BCUT2D eigenvalue weighted by Crippen LogP contribution is 2.22. The molecular weight excluding hydrogens is 228 g/mol. The zero-order valence-corrected chi connectivity index (χ0v) is 11.8. The van der Waals surface area contributed by atoms with Crippen molar-refractivity contribution in [3.63, 3.8) is 0 Å². The standard InChI is InChI=1S/C14H20O2Si/c1-5-12-9-7-8-10-13(12)16-17-14(6-2)11(3)15-4/h5,7-11,14H,1,6H2,2-4H3. The highest BCUT2D eigenvalue weighted by Gasteiger charge is 2.18. The maximum atomic E-state index is 5.88. The van der Waals surface area contributed by atoms with Crippen LogP contribution in [0, 0.1) is 0 Å². The third-order valence-electron chi connectivity index (χ3n) is 2.84. The second-order valence-corrected chi connectivity index (χ2v) is 5.10. The molecule has 0 saturated heterocycles. The lowest BCUT2D eigenvalue weighted by Crippen LogP contribution is -2.22. The van der Waals surface area contributed by atoms with Gasteiger partial charge in [0.05, 0.1) is 6.10 Å². The predicted octanol–water partition coefficient (Wildman–Crippen LogP) is 3.56. The van der Waals surface area contributed by atoms with Crippen LogP contribution in [0.3, 0.4) is 0 Å². The molecule has 1 aromatic carbocycles. The fourth-order valence-corrected chi connectivity index (χ4v) is 2.52. The summed E-state index contributed by atoms with van der Waals surface area (Å²) in [5.74, 6) is 0.905. The number of benzene rings is 1. The molecule has 2 nitrogen and oxygen atoms in total. The average molecular weight is 248 g/mol. The van der Waals surface area contributed by atoms with Crippen molar-refractivity contribution in [3.05, 3.63) is 36.4 Å². The van der Waals surface area contributed by atoms with Crippen LogP contribution in [0.25, 0.3) is 6.08 Å². The minimum atomic E-state index is 0.231. The van der Waals surface area contributed by atoms with Crippen molar-refractivity contribution in [3.8, 4) is 5.75 Å². The molecule has 0 saturated carbocycles. The number of hydrogen-bond donors (Lipinski definition) is 0. The van der Waals surface area contributed by atoms with E-state index in [9.17, 15) is 0 Å². The van der Waals surface area contributed by atoms with Crippen molar-refractivity contribution < 1.29 is 9.16 Å². The second kappa shape index (κ2) is 7.30. The molecule has 3 heteroatoms. The predicted molar refractivity (Wildman–Crippen MR) is 73.4 cm³/mol. The monoisotopic (exact) mass is 248 g/mol. The molecule has 0 bridgehead atoms. The van der Waals surface area contributed by atoms with Crippen molar-refractivity contribution in [1.29, 1.82) is 0 Å². The summed E-state index contributed by atoms with van der Waals surface area (Å²) in [4.78, 5) is 0. The van der Waals surface area contributed by atoms with Gasteiger partial charge in [-0.3, -0.25) is 0 Å². The van der Waals surface area contributed by atoms with E-state index < -0.39 is 0 Å². The Morgan fingerprint density at radius 2 is 2.12 bits per heavy atom. The summed E-state index contributed by atoms with van der Waals surface area (Å²) >= 11 is 0. The van der Waals surface area contributed by atoms with Gasteiger partial charge in [0.1, 0.15) is 5.75 Å². The summed E-state index contributed by atoms with van der Waals surface area (Å²) in [6.07, 6.45) is 3.11. The quantitative estimate of drug-likeness (QED) is 0.687. The van der Waals surface area contributed by atoms with Crippen molar-refractivity contribution in [2.45, 2.75) is 31.9 Å². The van der Waals surface area contributed by atoms with Gasteiger partial charge in [0, 0.05) is 18.2 Å². The Labute approximate surface area is 107 Å². The van der Waals surface area contributed by atoms with Crippen LogP contribution in [-0.4, -0.2) is 23.0 Å². The molecule has 0 aromatic heterocycles. The van der Waals surface area contributed by atoms with Gasteiger partial charge in [-0.2, -0.15) is 0 Å². The number of rotatable bonds is 7. The third-order valence-corrected chi connectivity index (χ3v) is 4.36. The first-order valence-corrected chi connectivity index (χ1v) is 6.88. The van der Waals surface area contributed by atoms with Gasteiger partial charge >= 0.3 is 9.76 Å². The second-order valence-electron chi connectivity index (χ2n) is 3.92. The smallest absolute Gasteiger partial charge is 0.316 e. The summed E-state index contributed by atoms with van der Waals surface area (Å²) < 4.78 is 11.2. The fourth-order valence-electron chi connectivity index (χ4n) is 1.56. The van der Waals surface area contributed by atoms with Gasteiger partial charge in [-0.05, 0) is 13.0 Å². The van der Waals surface area contributed by atoms with Crippen LogP contribution in [0.15, 0.2) is 30.8 Å². The molecule has 92 valence electrons. The Morgan fingerprint density at radius 1 is 1.41 bits per heavy atom. The van der Waals surface area contributed by atoms with Crippen molar-refractivity contribution in [1.82, 2.24) is 0 Å². The molecule has 2 atom stereocenters. The maximum Gasteiger partial charge on any atom is 0.316 e. The molecule has 0 heterocycles. The lowest BCUT2D eigenvalue weighted by molar-refractivity contribution is 0.108. The molecule has 17 heavy (non-hydrogen) atoms. The van der Waals surface area contributed by atoms with Crippen LogP contribution < -0.4 is 4.43 Å². The van der Waals surface area contributed by atoms with Gasteiger partial charge in [-0.25, -0.2) is 0 Å². The summed E-state index contributed by atoms with van der Waals surface area (Å²) in [5.41, 5.74) is 1.48. The van der Waals surface area contributed by atoms with Crippen LogP contribution >= 0.6 is 0 Å². The van der Waals surface area contributed by atoms with Crippen molar-refractivity contribution in [2.24, 2.45) is 0 Å². The molecule has 2 radical (unpaired) electrons. The molecule has 0 aliphatic heterocycles. The molecule has 0 spiro atoms. The molecule has 0 aliphatic carbocycles. The third kappa shape index (κ3) is 4.02. The normalized spacial score (nSPS) is 14.1. The molecule has 1 rings (SSSR count). The number of para-hydroxylation sites is 1. The van der Waals surface area contributed by atoms with Crippen molar-refractivity contribution in [2.75, 3.05) is 7.11 Å². The molecule has 1 aromatic rings. The topological polar surface area (TPSA) is 18.5 Å². The van der Waals surface area contributed by atoms with Gasteiger partial charge in [0.25, 0.3) is 0 Å². The first-order chi connectivity index (χ1) is 8.22. The van der Waals surface area contributed by atoms with E-state index in [0.29, 0.717) is 15.3 Å². The Hall–Kier alpha value is -1.06. The van der Waals surface area contributed by atoms with Crippen molar-refractivity contribution >= 4 is 15.8 Å². The van der Waals surface area contributed by atoms with Gasteiger partial charge in [0.15, 0.2) is 0 Å². The van der Waals surface area contributed by atoms with E-state index in [-0.39, 0.29) is 6.10 Å². The van der Waals surface area contributed by atoms with E-state index in [0.717, 1.165) is 17.7 Å². The van der Waals surface area contributed by atoms with E-state index in [1.807, 2.05) is 30.3 Å². The largest absolute Gasteiger partial charge is 0.540 e. The fraction of sp³-hybridized carbons (Fsp3) is 0.429. The van der Waals surface area contributed by atoms with E-state index in [1.165, 1.54) is 0 Å². The van der Waals surface area contributed by atoms with Crippen LogP contribution in [-0.2, 0) is 4.74 Å². The van der Waals surface area contributed by atoms with Gasteiger partial charge < -0.3 is 9.16 Å². The maximum absolute atomic E-state index is 5.88. The first kappa shape index (κ1) is 14.0. The molecule has 2 unspecified atom stereocenters. The van der Waals surface area contributed by atoms with Crippen LogP contribution in [0.2, 0.25) is 5.54 Å². The number of methoxy groups -OCH3 is 1. The Morgan fingerprint density at radius 3 is 2.71 bits per heavy atom. The van der Waals surface area contributed by atoms with Crippen LogP contribution in [0.5, 0.6) is 5.75 Å². The zero-order valence-electron chi connectivity index (χ0n) is 10.8. The SMILES string of the molecule is C=Cc1ccccc1O[Si]C(CC)C(C)OC. The lowest BCUT2D eigenvalue weighted by atomic mass is 10.2. The Kier molecular flexibility index (Phi) is 6.01. The summed E-state index contributed by atoms with van der Waals surface area (Å²) in [6, 6.07) is 7.96. The lowest BCUT2D eigenvalue weighted by Gasteiger charge is -2.20. The minimum absolute atomic E-state index is 0.231. The van der Waals surface area contributed by atoms with E-state index in [1.54, 1.807) is 7.11 Å². The zero-order chi connectivity index (χ0) is 12.7. The van der Waals surface area contributed by atoms with Gasteiger partial charge in [0.2, 0.25) is 0 Å². The van der Waals surface area contributed by atoms with Crippen LogP contribution in [0.1, 0.15) is 25.8 Å². The highest BCUT2D eigenvalue weighted by atomic mass is 28.2. The molecule has 0 aliphatic rings. The van der Waals surface area contributed by atoms with Crippen LogP contribution in [0.4, 0.5) is 0 Å². The summed E-state index contributed by atoms with van der Waals surface area (Å²) in [5, 5.41) is 0. The van der Waals surface area contributed by atoms with Gasteiger partial charge in [-0.15, -0.1) is 0 Å². The first-order valence-electron chi connectivity index (χ1n) is 5.89. The molecule has 0 amide bonds. The number of ether oxygens (including phenoxy) is 1. The molecule has 0 N–H and O–H groups in total. The Balaban J connectivity index is 2.62. The van der Waals surface area contributed by atoms with Gasteiger partial charge in [-0.1, -0.05) is 44.2 Å². The highest BCUT2D eigenvalue weighted by molar-refractivity contribution is 6.31. The molecular formula is C14H20O2Si.